The molecule has 0 atom stereocenters. The fourth-order valence-corrected chi connectivity index (χ4v) is 1.50. The predicted octanol–water partition coefficient (Wildman–Crippen LogP) is -0.0517. The van der Waals surface area contributed by atoms with Crippen molar-refractivity contribution in [2.45, 2.75) is 6.42 Å². The summed E-state index contributed by atoms with van der Waals surface area (Å²) in [5.41, 5.74) is 0. The van der Waals surface area contributed by atoms with Gasteiger partial charge in [-0.05, 0) is 18.6 Å². The Kier molecular flexibility index (Phi) is 4.01. The molecule has 1 aromatic rings. The standard InChI is InChI=1S/C11H16N4O2/c16-10(9-3-1-8-17-9)12-6-7-15-11-13-4-2-5-14-11/h1,3,8H,2,4-7H2,(H,12,16)(H2,13,14,15). The van der Waals surface area contributed by atoms with Crippen LogP contribution in [0.4, 0.5) is 0 Å². The van der Waals surface area contributed by atoms with E-state index < -0.39 is 0 Å². The lowest BCUT2D eigenvalue weighted by molar-refractivity contribution is 0.0926. The lowest BCUT2D eigenvalue weighted by Gasteiger charge is -2.15. The number of rotatable bonds is 4. The molecule has 1 amide bonds. The molecule has 0 aliphatic carbocycles. The molecule has 1 aliphatic rings. The molecule has 0 spiro atoms. The fraction of sp³-hybridized carbons (Fsp3) is 0.455. The molecule has 2 rings (SSSR count). The average molecular weight is 236 g/mol. The molecule has 0 aromatic carbocycles. The first-order valence-electron chi connectivity index (χ1n) is 5.70. The number of carbonyl (C=O) groups excluding carboxylic acids is 1. The van der Waals surface area contributed by atoms with E-state index in [1.807, 2.05) is 0 Å². The number of furan rings is 1. The van der Waals surface area contributed by atoms with Crippen molar-refractivity contribution in [2.24, 2.45) is 4.99 Å². The van der Waals surface area contributed by atoms with Crippen LogP contribution in [0.25, 0.3) is 0 Å². The third-order valence-electron chi connectivity index (χ3n) is 2.35. The molecule has 17 heavy (non-hydrogen) atoms. The van der Waals surface area contributed by atoms with Crippen LogP contribution in [0.1, 0.15) is 17.0 Å². The zero-order valence-corrected chi connectivity index (χ0v) is 9.53. The zero-order valence-electron chi connectivity index (χ0n) is 9.53. The van der Waals surface area contributed by atoms with Crippen molar-refractivity contribution in [3.63, 3.8) is 0 Å². The van der Waals surface area contributed by atoms with Gasteiger partial charge >= 0.3 is 0 Å². The Morgan fingerprint density at radius 1 is 1.53 bits per heavy atom. The van der Waals surface area contributed by atoms with Crippen molar-refractivity contribution < 1.29 is 9.21 Å². The highest BCUT2D eigenvalue weighted by Crippen LogP contribution is 1.98. The van der Waals surface area contributed by atoms with Crippen LogP contribution in [0.3, 0.4) is 0 Å². The summed E-state index contributed by atoms with van der Waals surface area (Å²) < 4.78 is 4.97. The van der Waals surface area contributed by atoms with Gasteiger partial charge in [0.05, 0.1) is 6.26 Å². The van der Waals surface area contributed by atoms with Crippen molar-refractivity contribution in [2.75, 3.05) is 26.2 Å². The van der Waals surface area contributed by atoms with E-state index in [9.17, 15) is 4.79 Å². The highest BCUT2D eigenvalue weighted by Gasteiger charge is 2.07. The Labute approximate surface area is 99.5 Å². The zero-order chi connectivity index (χ0) is 11.9. The van der Waals surface area contributed by atoms with Gasteiger partial charge in [0.25, 0.3) is 5.91 Å². The van der Waals surface area contributed by atoms with Gasteiger partial charge in [-0.3, -0.25) is 9.79 Å². The van der Waals surface area contributed by atoms with Gasteiger partial charge in [0.15, 0.2) is 11.7 Å². The minimum Gasteiger partial charge on any atom is -0.459 e. The monoisotopic (exact) mass is 236 g/mol. The van der Waals surface area contributed by atoms with E-state index in [1.54, 1.807) is 12.1 Å². The molecule has 3 N–H and O–H groups in total. The summed E-state index contributed by atoms with van der Waals surface area (Å²) in [5, 5.41) is 9.00. The second-order valence-electron chi connectivity index (χ2n) is 3.67. The number of nitrogens with one attached hydrogen (secondary N) is 3. The Hall–Kier alpha value is -1.98. The normalized spacial score (nSPS) is 14.7. The maximum atomic E-state index is 11.5. The molecular weight excluding hydrogens is 220 g/mol. The Morgan fingerprint density at radius 2 is 2.47 bits per heavy atom. The van der Waals surface area contributed by atoms with Crippen LogP contribution in [0.2, 0.25) is 0 Å². The minimum absolute atomic E-state index is 0.199. The molecule has 1 aromatic heterocycles. The molecule has 0 unspecified atom stereocenters. The minimum atomic E-state index is -0.199. The number of aliphatic imine (C=N–C) groups is 1. The number of nitrogens with zero attached hydrogens (tertiary/aromatic N) is 1. The van der Waals surface area contributed by atoms with Crippen LogP contribution >= 0.6 is 0 Å². The lowest BCUT2D eigenvalue weighted by Crippen LogP contribution is -2.43. The first kappa shape index (κ1) is 11.5. The Balaban J connectivity index is 1.63. The SMILES string of the molecule is O=C(NCCNC1=NCCCN1)c1ccco1. The molecule has 6 nitrogen and oxygen atoms in total. The average Bonchev–Trinajstić information content (AvgIpc) is 2.89. The molecule has 0 bridgehead atoms. The Bertz CT molecular complexity index is 386. The van der Waals surface area contributed by atoms with E-state index in [1.165, 1.54) is 6.26 Å². The second-order valence-corrected chi connectivity index (χ2v) is 3.67. The summed E-state index contributed by atoms with van der Waals surface area (Å²) in [5.74, 6) is 0.942. The van der Waals surface area contributed by atoms with Gasteiger partial charge in [0.1, 0.15) is 0 Å². The third-order valence-corrected chi connectivity index (χ3v) is 2.35. The van der Waals surface area contributed by atoms with Gasteiger partial charge in [0.2, 0.25) is 0 Å². The van der Waals surface area contributed by atoms with Gasteiger partial charge in [-0.15, -0.1) is 0 Å². The van der Waals surface area contributed by atoms with E-state index in [4.69, 9.17) is 4.42 Å². The second kappa shape index (κ2) is 5.93. The molecule has 6 heteroatoms. The largest absolute Gasteiger partial charge is 0.459 e. The molecule has 1 aliphatic heterocycles. The third kappa shape index (κ3) is 3.51. The van der Waals surface area contributed by atoms with E-state index in [0.717, 1.165) is 25.5 Å². The fourth-order valence-electron chi connectivity index (χ4n) is 1.50. The number of hydrogen-bond donors (Lipinski definition) is 3. The van der Waals surface area contributed by atoms with Crippen molar-refractivity contribution in [3.05, 3.63) is 24.2 Å². The van der Waals surface area contributed by atoms with Crippen molar-refractivity contribution in [3.8, 4) is 0 Å². The lowest BCUT2D eigenvalue weighted by atomic mass is 10.4. The number of guanidine groups is 1. The highest BCUT2D eigenvalue weighted by atomic mass is 16.3. The van der Waals surface area contributed by atoms with Crippen molar-refractivity contribution >= 4 is 11.9 Å². The topological polar surface area (TPSA) is 78.7 Å². The number of amides is 1. The summed E-state index contributed by atoms with van der Waals surface area (Å²) in [6, 6.07) is 3.32. The summed E-state index contributed by atoms with van der Waals surface area (Å²) in [6.07, 6.45) is 2.55. The number of hydrogen-bond acceptors (Lipinski definition) is 5. The van der Waals surface area contributed by atoms with Crippen LogP contribution < -0.4 is 16.0 Å². The number of carbonyl (C=O) groups is 1. The van der Waals surface area contributed by atoms with E-state index >= 15 is 0 Å². The highest BCUT2D eigenvalue weighted by molar-refractivity contribution is 5.91. The predicted molar refractivity (Wildman–Crippen MR) is 64.0 cm³/mol. The summed E-state index contributed by atoms with van der Waals surface area (Å²) in [6.45, 7) is 2.97. The summed E-state index contributed by atoms with van der Waals surface area (Å²) >= 11 is 0. The van der Waals surface area contributed by atoms with E-state index in [0.29, 0.717) is 18.8 Å². The van der Waals surface area contributed by atoms with Crippen LogP contribution in [-0.2, 0) is 0 Å². The van der Waals surface area contributed by atoms with Crippen LogP contribution in [0.15, 0.2) is 27.8 Å². The molecule has 0 radical (unpaired) electrons. The molecular formula is C11H16N4O2. The van der Waals surface area contributed by atoms with Crippen LogP contribution in [0, 0.1) is 0 Å². The first-order chi connectivity index (χ1) is 8.36. The quantitative estimate of drug-likeness (QED) is 0.640. The van der Waals surface area contributed by atoms with Crippen molar-refractivity contribution in [1.82, 2.24) is 16.0 Å². The van der Waals surface area contributed by atoms with E-state index in [-0.39, 0.29) is 5.91 Å². The molecule has 0 saturated carbocycles. The molecule has 0 fully saturated rings. The van der Waals surface area contributed by atoms with Gasteiger partial charge < -0.3 is 20.4 Å². The maximum absolute atomic E-state index is 11.5. The summed E-state index contributed by atoms with van der Waals surface area (Å²) in [4.78, 5) is 15.7. The summed E-state index contributed by atoms with van der Waals surface area (Å²) in [7, 11) is 0. The molecule has 92 valence electrons. The van der Waals surface area contributed by atoms with Gasteiger partial charge in [-0.2, -0.15) is 0 Å². The molecule has 0 saturated heterocycles. The maximum Gasteiger partial charge on any atom is 0.287 e. The Morgan fingerprint density at radius 3 is 3.18 bits per heavy atom. The van der Waals surface area contributed by atoms with Gasteiger partial charge in [-0.25, -0.2) is 0 Å². The van der Waals surface area contributed by atoms with E-state index in [2.05, 4.69) is 20.9 Å². The van der Waals surface area contributed by atoms with Gasteiger partial charge in [-0.1, -0.05) is 0 Å². The molecule has 2 heterocycles. The van der Waals surface area contributed by atoms with Crippen LogP contribution in [0.5, 0.6) is 0 Å². The van der Waals surface area contributed by atoms with Crippen molar-refractivity contribution in [1.29, 1.82) is 0 Å². The smallest absolute Gasteiger partial charge is 0.287 e. The van der Waals surface area contributed by atoms with Crippen LogP contribution in [-0.4, -0.2) is 38.0 Å². The first-order valence-corrected chi connectivity index (χ1v) is 5.70. The van der Waals surface area contributed by atoms with Gasteiger partial charge in [0, 0.05) is 26.2 Å².